The summed E-state index contributed by atoms with van der Waals surface area (Å²) in [5, 5.41) is 3.25. The molecule has 1 aromatic heterocycles. The Hall–Kier alpha value is -1.75. The third-order valence-corrected chi connectivity index (χ3v) is 3.35. The average Bonchev–Trinajstić information content (AvgIpc) is 2.73. The highest BCUT2D eigenvalue weighted by Crippen LogP contribution is 2.21. The van der Waals surface area contributed by atoms with Crippen molar-refractivity contribution in [1.29, 1.82) is 0 Å². The predicted octanol–water partition coefficient (Wildman–Crippen LogP) is 3.06. The summed E-state index contributed by atoms with van der Waals surface area (Å²) in [6.07, 6.45) is 1.63. The Balaban J connectivity index is 2.11. The highest BCUT2D eigenvalue weighted by molar-refractivity contribution is 9.10. The Morgan fingerprint density at radius 2 is 2.22 bits per heavy atom. The van der Waals surface area contributed by atoms with Crippen LogP contribution >= 0.6 is 15.9 Å². The number of nitrogens with one attached hydrogen (secondary N) is 1. The van der Waals surface area contributed by atoms with Crippen molar-refractivity contribution in [3.8, 4) is 0 Å². The van der Waals surface area contributed by atoms with Crippen LogP contribution < -0.4 is 11.1 Å². The summed E-state index contributed by atoms with van der Waals surface area (Å²) in [5.74, 6) is 0.409. The minimum Gasteiger partial charge on any atom is -0.466 e. The fourth-order valence-electron chi connectivity index (χ4n) is 1.64. The Labute approximate surface area is 113 Å². The zero-order valence-electron chi connectivity index (χ0n) is 9.87. The van der Waals surface area contributed by atoms with E-state index < -0.39 is 5.91 Å². The predicted molar refractivity (Wildman–Crippen MR) is 73.4 cm³/mol. The number of aryl methyl sites for hydroxylation is 1. The number of carbonyl (C=O) groups is 1. The summed E-state index contributed by atoms with van der Waals surface area (Å²) in [7, 11) is 0. The van der Waals surface area contributed by atoms with Crippen LogP contribution in [-0.2, 0) is 6.54 Å². The monoisotopic (exact) mass is 308 g/mol. The molecular formula is C13H13BrN2O2. The lowest BCUT2D eigenvalue weighted by Gasteiger charge is -2.09. The molecule has 0 aliphatic carbocycles. The number of hydrogen-bond donors (Lipinski definition) is 2. The molecule has 18 heavy (non-hydrogen) atoms. The second-order valence-electron chi connectivity index (χ2n) is 3.94. The Morgan fingerprint density at radius 3 is 2.78 bits per heavy atom. The van der Waals surface area contributed by atoms with Crippen LogP contribution in [0.1, 0.15) is 21.7 Å². The number of halogens is 1. The number of amides is 1. The van der Waals surface area contributed by atoms with Crippen LogP contribution in [-0.4, -0.2) is 5.91 Å². The van der Waals surface area contributed by atoms with E-state index in [-0.39, 0.29) is 0 Å². The van der Waals surface area contributed by atoms with Crippen molar-refractivity contribution in [2.24, 2.45) is 5.73 Å². The number of nitrogens with two attached hydrogens (primary N) is 1. The molecule has 1 amide bonds. The lowest BCUT2D eigenvalue weighted by atomic mass is 10.1. The molecule has 0 saturated carbocycles. The summed E-state index contributed by atoms with van der Waals surface area (Å²) < 4.78 is 6.24. The first-order valence-corrected chi connectivity index (χ1v) is 6.23. The fraction of sp³-hybridized carbons (Fsp3) is 0.154. The first kappa shape index (κ1) is 12.7. The molecular weight excluding hydrogens is 296 g/mol. The van der Waals surface area contributed by atoms with E-state index in [1.54, 1.807) is 18.4 Å². The van der Waals surface area contributed by atoms with Crippen molar-refractivity contribution >= 4 is 27.5 Å². The van der Waals surface area contributed by atoms with Gasteiger partial charge in [-0.15, -0.1) is 0 Å². The molecule has 0 atom stereocenters. The van der Waals surface area contributed by atoms with Gasteiger partial charge >= 0.3 is 0 Å². The fourth-order valence-corrected chi connectivity index (χ4v) is 1.98. The standard InChI is InChI=1S/C13H13BrN2O2/c1-8-6-9(13(15)17)2-3-11(8)16-7-12-10(14)4-5-18-12/h2-6,16H,7H2,1H3,(H2,15,17). The molecule has 94 valence electrons. The molecule has 0 radical (unpaired) electrons. The molecule has 0 bridgehead atoms. The van der Waals surface area contributed by atoms with E-state index in [0.717, 1.165) is 21.5 Å². The Morgan fingerprint density at radius 1 is 1.44 bits per heavy atom. The molecule has 2 aromatic rings. The quantitative estimate of drug-likeness (QED) is 0.912. The summed E-state index contributed by atoms with van der Waals surface area (Å²) >= 11 is 3.39. The second kappa shape index (κ2) is 5.27. The molecule has 0 fully saturated rings. The van der Waals surface area contributed by atoms with Gasteiger partial charge in [0.15, 0.2) is 0 Å². The molecule has 5 heteroatoms. The van der Waals surface area contributed by atoms with Gasteiger partial charge in [-0.3, -0.25) is 4.79 Å². The first-order chi connectivity index (χ1) is 8.58. The molecule has 0 spiro atoms. The highest BCUT2D eigenvalue weighted by Gasteiger charge is 2.06. The third-order valence-electron chi connectivity index (χ3n) is 2.64. The van der Waals surface area contributed by atoms with E-state index in [0.29, 0.717) is 12.1 Å². The van der Waals surface area contributed by atoms with Crippen LogP contribution in [0.3, 0.4) is 0 Å². The zero-order chi connectivity index (χ0) is 13.1. The summed E-state index contributed by atoms with van der Waals surface area (Å²) in [4.78, 5) is 11.0. The van der Waals surface area contributed by atoms with E-state index in [2.05, 4.69) is 21.2 Å². The molecule has 0 unspecified atom stereocenters. The lowest BCUT2D eigenvalue weighted by Crippen LogP contribution is -2.11. The number of anilines is 1. The normalized spacial score (nSPS) is 10.3. The first-order valence-electron chi connectivity index (χ1n) is 5.44. The number of rotatable bonds is 4. The number of carbonyl (C=O) groups excluding carboxylic acids is 1. The van der Waals surface area contributed by atoms with Gasteiger partial charge in [0.1, 0.15) is 5.76 Å². The molecule has 0 aliphatic rings. The van der Waals surface area contributed by atoms with Crippen LogP contribution in [0.25, 0.3) is 0 Å². The van der Waals surface area contributed by atoms with Gasteiger partial charge in [-0.25, -0.2) is 0 Å². The van der Waals surface area contributed by atoms with Gasteiger partial charge in [0, 0.05) is 11.3 Å². The van der Waals surface area contributed by atoms with Crippen LogP contribution in [0.5, 0.6) is 0 Å². The van der Waals surface area contributed by atoms with Gasteiger partial charge in [-0.2, -0.15) is 0 Å². The average molecular weight is 309 g/mol. The number of primary amides is 1. The molecule has 3 N–H and O–H groups in total. The second-order valence-corrected chi connectivity index (χ2v) is 4.79. The van der Waals surface area contributed by atoms with Crippen molar-refractivity contribution in [2.75, 3.05) is 5.32 Å². The minimum absolute atomic E-state index is 0.418. The molecule has 1 aromatic carbocycles. The van der Waals surface area contributed by atoms with Crippen LogP contribution in [0.15, 0.2) is 39.4 Å². The van der Waals surface area contributed by atoms with Crippen LogP contribution in [0.4, 0.5) is 5.69 Å². The van der Waals surface area contributed by atoms with Gasteiger partial charge in [0.25, 0.3) is 0 Å². The Kier molecular flexibility index (Phi) is 3.72. The van der Waals surface area contributed by atoms with E-state index >= 15 is 0 Å². The van der Waals surface area contributed by atoms with Crippen LogP contribution in [0.2, 0.25) is 0 Å². The largest absolute Gasteiger partial charge is 0.466 e. The van der Waals surface area contributed by atoms with Crippen molar-refractivity contribution in [3.05, 3.63) is 51.9 Å². The SMILES string of the molecule is Cc1cc(C(N)=O)ccc1NCc1occc1Br. The molecule has 1 heterocycles. The van der Waals surface area contributed by atoms with Gasteiger partial charge < -0.3 is 15.5 Å². The summed E-state index contributed by atoms with van der Waals surface area (Å²) in [6.45, 7) is 2.50. The molecule has 0 aliphatic heterocycles. The number of hydrogen-bond acceptors (Lipinski definition) is 3. The summed E-state index contributed by atoms with van der Waals surface area (Å²) in [5.41, 5.74) is 7.65. The van der Waals surface area contributed by atoms with Crippen LogP contribution in [0, 0.1) is 6.92 Å². The van der Waals surface area contributed by atoms with Crippen molar-refractivity contribution in [1.82, 2.24) is 0 Å². The van der Waals surface area contributed by atoms with Gasteiger partial charge in [-0.1, -0.05) is 0 Å². The van der Waals surface area contributed by atoms with Crippen molar-refractivity contribution < 1.29 is 9.21 Å². The van der Waals surface area contributed by atoms with E-state index in [4.69, 9.17) is 10.2 Å². The lowest BCUT2D eigenvalue weighted by molar-refractivity contribution is 0.1000. The van der Waals surface area contributed by atoms with Gasteiger partial charge in [0.05, 0.1) is 17.3 Å². The number of benzene rings is 1. The smallest absolute Gasteiger partial charge is 0.248 e. The molecule has 4 nitrogen and oxygen atoms in total. The van der Waals surface area contributed by atoms with Gasteiger partial charge in [-0.05, 0) is 52.7 Å². The van der Waals surface area contributed by atoms with Gasteiger partial charge in [0.2, 0.25) is 5.91 Å². The molecule has 2 rings (SSSR count). The third kappa shape index (κ3) is 2.73. The zero-order valence-corrected chi connectivity index (χ0v) is 11.5. The maximum atomic E-state index is 11.0. The topological polar surface area (TPSA) is 68.3 Å². The van der Waals surface area contributed by atoms with Crippen molar-refractivity contribution in [3.63, 3.8) is 0 Å². The molecule has 0 saturated heterocycles. The summed E-state index contributed by atoms with van der Waals surface area (Å²) in [6, 6.07) is 7.16. The highest BCUT2D eigenvalue weighted by atomic mass is 79.9. The van der Waals surface area contributed by atoms with E-state index in [1.165, 1.54) is 0 Å². The van der Waals surface area contributed by atoms with E-state index in [1.807, 2.05) is 19.1 Å². The number of furan rings is 1. The maximum absolute atomic E-state index is 11.0. The Bertz CT molecular complexity index is 578. The maximum Gasteiger partial charge on any atom is 0.248 e. The minimum atomic E-state index is -0.418. The van der Waals surface area contributed by atoms with E-state index in [9.17, 15) is 4.79 Å². The van der Waals surface area contributed by atoms with Crippen molar-refractivity contribution in [2.45, 2.75) is 13.5 Å².